The molecule has 1 aliphatic rings. The average Bonchev–Trinajstić information content (AvgIpc) is 2.81. The van der Waals surface area contributed by atoms with E-state index in [1.807, 2.05) is 13.1 Å². The van der Waals surface area contributed by atoms with Gasteiger partial charge in [0.05, 0.1) is 16.9 Å². The third-order valence-electron chi connectivity index (χ3n) is 5.00. The van der Waals surface area contributed by atoms with Gasteiger partial charge in [-0.15, -0.1) is 0 Å². The van der Waals surface area contributed by atoms with Gasteiger partial charge in [0.15, 0.2) is 0 Å². The topological polar surface area (TPSA) is 50.2 Å². The minimum absolute atomic E-state index is 0.0235. The molecule has 5 nitrogen and oxygen atoms in total. The van der Waals surface area contributed by atoms with Crippen LogP contribution in [0.3, 0.4) is 0 Å². The number of benzene rings is 1. The van der Waals surface area contributed by atoms with E-state index < -0.39 is 0 Å². The van der Waals surface area contributed by atoms with Crippen LogP contribution in [-0.4, -0.2) is 40.1 Å². The smallest absolute Gasteiger partial charge is 0.261 e. The molecule has 0 aliphatic carbocycles. The van der Waals surface area contributed by atoms with Gasteiger partial charge >= 0.3 is 0 Å². The molecule has 136 valence electrons. The lowest BCUT2D eigenvalue weighted by molar-refractivity contribution is 0.175. The van der Waals surface area contributed by atoms with Gasteiger partial charge in [0, 0.05) is 31.2 Å². The predicted molar refractivity (Wildman–Crippen MR) is 103 cm³/mol. The zero-order valence-corrected chi connectivity index (χ0v) is 16.0. The molecule has 3 rings (SSSR count). The van der Waals surface area contributed by atoms with Gasteiger partial charge in [0.25, 0.3) is 5.56 Å². The molecule has 1 saturated heterocycles. The quantitative estimate of drug-likeness (QED) is 0.907. The minimum Gasteiger partial charge on any atom is -0.313 e. The van der Waals surface area contributed by atoms with E-state index in [0.29, 0.717) is 16.5 Å². The second-order valence-electron chi connectivity index (χ2n) is 7.00. The maximum absolute atomic E-state index is 12.9. The summed E-state index contributed by atoms with van der Waals surface area (Å²) >= 11 is 6.06. The molecular weight excluding hydrogens is 336 g/mol. The van der Waals surface area contributed by atoms with Gasteiger partial charge in [-0.25, -0.2) is 4.98 Å². The summed E-state index contributed by atoms with van der Waals surface area (Å²) in [6.45, 7) is 7.44. The molecule has 0 unspecified atom stereocenters. The normalized spacial score (nSPS) is 20.6. The number of aromatic nitrogens is 2. The first-order valence-electron chi connectivity index (χ1n) is 9.15. The molecule has 0 saturated carbocycles. The minimum atomic E-state index is -0.0235. The van der Waals surface area contributed by atoms with Crippen molar-refractivity contribution in [3.05, 3.63) is 39.4 Å². The van der Waals surface area contributed by atoms with Gasteiger partial charge in [-0.05, 0) is 44.5 Å². The van der Waals surface area contributed by atoms with Crippen LogP contribution in [0.2, 0.25) is 5.02 Å². The molecule has 1 aromatic heterocycles. The fraction of sp³-hybridized carbons (Fsp3) is 0.579. The first kappa shape index (κ1) is 18.4. The highest BCUT2D eigenvalue weighted by Crippen LogP contribution is 2.26. The lowest BCUT2D eigenvalue weighted by Gasteiger charge is -2.32. The fourth-order valence-electron chi connectivity index (χ4n) is 3.73. The van der Waals surface area contributed by atoms with E-state index in [-0.39, 0.29) is 11.6 Å². The zero-order valence-electron chi connectivity index (χ0n) is 15.3. The Kier molecular flexibility index (Phi) is 5.77. The van der Waals surface area contributed by atoms with Crippen LogP contribution in [0.5, 0.6) is 0 Å². The van der Waals surface area contributed by atoms with Crippen LogP contribution in [0.25, 0.3) is 10.9 Å². The van der Waals surface area contributed by atoms with E-state index in [2.05, 4.69) is 24.1 Å². The number of hydrogen-bond donors (Lipinski definition) is 1. The van der Waals surface area contributed by atoms with Crippen molar-refractivity contribution in [1.29, 1.82) is 0 Å². The van der Waals surface area contributed by atoms with Crippen molar-refractivity contribution in [3.8, 4) is 0 Å². The van der Waals surface area contributed by atoms with Crippen molar-refractivity contribution < 1.29 is 0 Å². The molecule has 25 heavy (non-hydrogen) atoms. The first-order chi connectivity index (χ1) is 12.0. The van der Waals surface area contributed by atoms with Gasteiger partial charge < -0.3 is 5.32 Å². The molecule has 6 heteroatoms. The molecule has 2 aromatic rings. The Morgan fingerprint density at radius 3 is 3.00 bits per heavy atom. The maximum Gasteiger partial charge on any atom is 0.261 e. The van der Waals surface area contributed by atoms with Gasteiger partial charge in [-0.1, -0.05) is 24.9 Å². The van der Waals surface area contributed by atoms with E-state index in [1.165, 1.54) is 0 Å². The highest BCUT2D eigenvalue weighted by Gasteiger charge is 2.26. The standard InChI is InChI=1S/C19H27ClN4O/c1-4-6-17(24-10-5-9-21-13(2)12-24)18-22-16-8-7-14(20)11-15(16)19(25)23(18)3/h7-8,11,13,17,21H,4-6,9-10,12H2,1-3H3/t13-,17-/m0/s1. The molecule has 0 radical (unpaired) electrons. The monoisotopic (exact) mass is 362 g/mol. The Morgan fingerprint density at radius 2 is 2.24 bits per heavy atom. The van der Waals surface area contributed by atoms with Crippen LogP contribution < -0.4 is 10.9 Å². The Hall–Kier alpha value is -1.43. The van der Waals surface area contributed by atoms with Gasteiger partial charge in [0.1, 0.15) is 5.82 Å². The van der Waals surface area contributed by atoms with Crippen molar-refractivity contribution in [1.82, 2.24) is 19.8 Å². The third kappa shape index (κ3) is 3.89. The predicted octanol–water partition coefficient (Wildman–Crippen LogP) is 3.11. The molecule has 1 N–H and O–H groups in total. The Labute approximate surface area is 154 Å². The number of hydrogen-bond acceptors (Lipinski definition) is 4. The van der Waals surface area contributed by atoms with E-state index in [4.69, 9.17) is 16.6 Å². The van der Waals surface area contributed by atoms with E-state index in [9.17, 15) is 4.79 Å². The Morgan fingerprint density at radius 1 is 1.44 bits per heavy atom. The molecule has 2 heterocycles. The molecule has 0 amide bonds. The SMILES string of the molecule is CCC[C@@H](c1nc2ccc(Cl)cc2c(=O)n1C)N1CCCN[C@@H](C)C1. The lowest BCUT2D eigenvalue weighted by Crippen LogP contribution is -2.39. The van der Waals surface area contributed by atoms with Crippen molar-refractivity contribution in [3.63, 3.8) is 0 Å². The zero-order chi connectivity index (χ0) is 18.0. The molecule has 1 fully saturated rings. The van der Waals surface area contributed by atoms with Gasteiger partial charge in [0.2, 0.25) is 0 Å². The number of halogens is 1. The summed E-state index contributed by atoms with van der Waals surface area (Å²) in [7, 11) is 1.83. The highest BCUT2D eigenvalue weighted by atomic mass is 35.5. The fourth-order valence-corrected chi connectivity index (χ4v) is 3.90. The second-order valence-corrected chi connectivity index (χ2v) is 7.44. The van der Waals surface area contributed by atoms with Crippen LogP contribution in [0.15, 0.2) is 23.0 Å². The summed E-state index contributed by atoms with van der Waals surface area (Å²) in [6.07, 6.45) is 3.16. The summed E-state index contributed by atoms with van der Waals surface area (Å²) in [4.78, 5) is 20.2. The molecule has 0 spiro atoms. The van der Waals surface area contributed by atoms with Crippen molar-refractivity contribution in [2.45, 2.75) is 45.2 Å². The van der Waals surface area contributed by atoms with Crippen molar-refractivity contribution >= 4 is 22.5 Å². The summed E-state index contributed by atoms with van der Waals surface area (Å²) in [5.74, 6) is 0.857. The van der Waals surface area contributed by atoms with E-state index in [1.54, 1.807) is 16.7 Å². The van der Waals surface area contributed by atoms with Crippen LogP contribution in [0.4, 0.5) is 0 Å². The first-order valence-corrected chi connectivity index (χ1v) is 9.52. The second kappa shape index (κ2) is 7.85. The van der Waals surface area contributed by atoms with Crippen LogP contribution in [0, 0.1) is 0 Å². The summed E-state index contributed by atoms with van der Waals surface area (Å²) in [6, 6.07) is 5.96. The summed E-state index contributed by atoms with van der Waals surface area (Å²) < 4.78 is 1.71. The maximum atomic E-state index is 12.9. The van der Waals surface area contributed by atoms with E-state index in [0.717, 1.165) is 50.2 Å². The number of fused-ring (bicyclic) bond motifs is 1. The number of rotatable bonds is 4. The van der Waals surface area contributed by atoms with Crippen LogP contribution >= 0.6 is 11.6 Å². The highest BCUT2D eigenvalue weighted by molar-refractivity contribution is 6.31. The van der Waals surface area contributed by atoms with Crippen LogP contribution in [-0.2, 0) is 7.05 Å². The molecular formula is C19H27ClN4O. The average molecular weight is 363 g/mol. The summed E-state index contributed by atoms with van der Waals surface area (Å²) in [5, 5.41) is 4.69. The Balaban J connectivity index is 2.08. The molecule has 1 aliphatic heterocycles. The summed E-state index contributed by atoms with van der Waals surface area (Å²) in [5.41, 5.74) is 0.703. The lowest BCUT2D eigenvalue weighted by atomic mass is 10.1. The number of nitrogens with zero attached hydrogens (tertiary/aromatic N) is 3. The molecule has 0 bridgehead atoms. The third-order valence-corrected chi connectivity index (χ3v) is 5.23. The Bertz CT molecular complexity index is 804. The van der Waals surface area contributed by atoms with Crippen LogP contribution in [0.1, 0.15) is 45.0 Å². The van der Waals surface area contributed by atoms with Crippen molar-refractivity contribution in [2.75, 3.05) is 19.6 Å². The largest absolute Gasteiger partial charge is 0.313 e. The molecule has 2 atom stereocenters. The van der Waals surface area contributed by atoms with E-state index >= 15 is 0 Å². The number of nitrogens with one attached hydrogen (secondary N) is 1. The van der Waals surface area contributed by atoms with Gasteiger partial charge in [-0.2, -0.15) is 0 Å². The van der Waals surface area contributed by atoms with Gasteiger partial charge in [-0.3, -0.25) is 14.3 Å². The van der Waals surface area contributed by atoms with Crippen molar-refractivity contribution in [2.24, 2.45) is 7.05 Å². The molecule has 1 aromatic carbocycles.